The molecule has 3 heteroatoms. The number of aliphatic hydroxyl groups excluding tert-OH is 1. The molecule has 0 saturated heterocycles. The summed E-state index contributed by atoms with van der Waals surface area (Å²) in [7, 11) is 0. The summed E-state index contributed by atoms with van der Waals surface area (Å²) in [6.07, 6.45) is 0.459. The van der Waals surface area contributed by atoms with Crippen molar-refractivity contribution in [1.29, 1.82) is 0 Å². The Hall–Kier alpha value is -1.22. The van der Waals surface area contributed by atoms with Crippen LogP contribution in [0.15, 0.2) is 18.2 Å². The monoisotopic (exact) mass is 194 g/mol. The topological polar surface area (TPSA) is 58.3 Å². The number of hydrogen-bond acceptors (Lipinski definition) is 3. The summed E-state index contributed by atoms with van der Waals surface area (Å²) in [6.45, 7) is 4.54. The lowest BCUT2D eigenvalue weighted by Gasteiger charge is -2.12. The molecule has 1 unspecified atom stereocenters. The van der Waals surface area contributed by atoms with Gasteiger partial charge in [0.05, 0.1) is 17.5 Å². The molecular weight excluding hydrogens is 176 g/mol. The third-order valence-corrected chi connectivity index (χ3v) is 2.17. The second-order valence-corrected chi connectivity index (χ2v) is 3.60. The van der Waals surface area contributed by atoms with Gasteiger partial charge in [0.1, 0.15) is 0 Å². The van der Waals surface area contributed by atoms with Crippen molar-refractivity contribution in [2.24, 2.45) is 0 Å². The minimum atomic E-state index is -0.271. The predicted molar refractivity (Wildman–Crippen MR) is 60.4 cm³/mol. The summed E-state index contributed by atoms with van der Waals surface area (Å²) in [6, 6.07) is 5.82. The fourth-order valence-electron chi connectivity index (χ4n) is 1.34. The van der Waals surface area contributed by atoms with E-state index in [0.717, 1.165) is 29.9 Å². The summed E-state index contributed by atoms with van der Waals surface area (Å²) < 4.78 is 0. The predicted octanol–water partition coefficient (Wildman–Crippen LogP) is 1.76. The fraction of sp³-hybridized carbons (Fsp3) is 0.455. The number of para-hydroxylation sites is 1. The van der Waals surface area contributed by atoms with Gasteiger partial charge in [0.2, 0.25) is 0 Å². The van der Waals surface area contributed by atoms with Crippen LogP contribution in [0.5, 0.6) is 0 Å². The number of hydrogen-bond donors (Lipinski definition) is 3. The van der Waals surface area contributed by atoms with E-state index in [2.05, 4.69) is 5.32 Å². The van der Waals surface area contributed by atoms with Crippen LogP contribution in [0.25, 0.3) is 0 Å². The van der Waals surface area contributed by atoms with E-state index < -0.39 is 0 Å². The van der Waals surface area contributed by atoms with Crippen LogP contribution in [0.3, 0.4) is 0 Å². The molecular formula is C11H18N2O. The Bertz CT molecular complexity index is 277. The molecule has 1 rings (SSSR count). The summed E-state index contributed by atoms with van der Waals surface area (Å²) in [4.78, 5) is 0. The zero-order valence-corrected chi connectivity index (χ0v) is 8.75. The molecule has 0 aliphatic heterocycles. The van der Waals surface area contributed by atoms with Crippen molar-refractivity contribution in [3.8, 4) is 0 Å². The van der Waals surface area contributed by atoms with Gasteiger partial charge in [-0.05, 0) is 31.9 Å². The lowest BCUT2D eigenvalue weighted by Crippen LogP contribution is -2.11. The molecule has 1 aromatic carbocycles. The summed E-state index contributed by atoms with van der Waals surface area (Å²) >= 11 is 0. The van der Waals surface area contributed by atoms with Gasteiger partial charge in [-0.2, -0.15) is 0 Å². The first-order chi connectivity index (χ1) is 6.61. The second-order valence-electron chi connectivity index (χ2n) is 3.60. The van der Waals surface area contributed by atoms with Gasteiger partial charge in [0.25, 0.3) is 0 Å². The molecule has 0 saturated carbocycles. The Balaban J connectivity index is 2.58. The van der Waals surface area contributed by atoms with Gasteiger partial charge in [-0.25, -0.2) is 0 Å². The Morgan fingerprint density at radius 1 is 1.50 bits per heavy atom. The molecule has 1 atom stereocenters. The first-order valence-electron chi connectivity index (χ1n) is 4.88. The molecule has 0 aliphatic carbocycles. The number of nitrogens with one attached hydrogen (secondary N) is 1. The normalized spacial score (nSPS) is 12.5. The highest BCUT2D eigenvalue weighted by Crippen LogP contribution is 2.22. The number of aliphatic hydroxyl groups is 1. The average Bonchev–Trinajstić information content (AvgIpc) is 2.09. The molecule has 0 heterocycles. The van der Waals surface area contributed by atoms with Gasteiger partial charge in [-0.3, -0.25) is 0 Å². The van der Waals surface area contributed by atoms with Crippen molar-refractivity contribution in [3.63, 3.8) is 0 Å². The zero-order chi connectivity index (χ0) is 10.6. The Labute approximate surface area is 84.9 Å². The van der Waals surface area contributed by atoms with Gasteiger partial charge >= 0.3 is 0 Å². The van der Waals surface area contributed by atoms with Crippen molar-refractivity contribution < 1.29 is 5.11 Å². The quantitative estimate of drug-likeness (QED) is 0.640. The van der Waals surface area contributed by atoms with Crippen molar-refractivity contribution >= 4 is 11.4 Å². The molecule has 0 aliphatic rings. The molecule has 3 nitrogen and oxygen atoms in total. The van der Waals surface area contributed by atoms with E-state index in [1.807, 2.05) is 25.1 Å². The number of anilines is 2. The molecule has 14 heavy (non-hydrogen) atoms. The lowest BCUT2D eigenvalue weighted by molar-refractivity contribution is 0.189. The number of benzene rings is 1. The van der Waals surface area contributed by atoms with E-state index in [4.69, 9.17) is 10.8 Å². The SMILES string of the molecule is Cc1cccc(N)c1NCCC(C)O. The molecule has 4 N–H and O–H groups in total. The average molecular weight is 194 g/mol. The highest BCUT2D eigenvalue weighted by Gasteiger charge is 2.02. The van der Waals surface area contributed by atoms with E-state index in [1.165, 1.54) is 0 Å². The van der Waals surface area contributed by atoms with Gasteiger partial charge in [-0.1, -0.05) is 12.1 Å². The molecule has 0 radical (unpaired) electrons. The Morgan fingerprint density at radius 2 is 2.21 bits per heavy atom. The molecule has 0 amide bonds. The van der Waals surface area contributed by atoms with E-state index in [9.17, 15) is 0 Å². The van der Waals surface area contributed by atoms with Crippen LogP contribution in [0.4, 0.5) is 11.4 Å². The van der Waals surface area contributed by atoms with E-state index >= 15 is 0 Å². The van der Waals surface area contributed by atoms with Gasteiger partial charge in [0, 0.05) is 6.54 Å². The standard InChI is InChI=1S/C11H18N2O/c1-8-4-3-5-10(12)11(8)13-7-6-9(2)14/h3-5,9,13-14H,6-7,12H2,1-2H3. The molecule has 0 fully saturated rings. The maximum absolute atomic E-state index is 9.10. The van der Waals surface area contributed by atoms with Gasteiger partial charge in [-0.15, -0.1) is 0 Å². The van der Waals surface area contributed by atoms with E-state index in [-0.39, 0.29) is 6.10 Å². The lowest BCUT2D eigenvalue weighted by atomic mass is 10.1. The molecule has 78 valence electrons. The van der Waals surface area contributed by atoms with Crippen molar-refractivity contribution in [2.45, 2.75) is 26.4 Å². The minimum absolute atomic E-state index is 0.271. The van der Waals surface area contributed by atoms with Crippen molar-refractivity contribution in [1.82, 2.24) is 0 Å². The Morgan fingerprint density at radius 3 is 2.79 bits per heavy atom. The second kappa shape index (κ2) is 4.86. The van der Waals surface area contributed by atoms with Crippen LogP contribution < -0.4 is 11.1 Å². The highest BCUT2D eigenvalue weighted by molar-refractivity contribution is 5.69. The van der Waals surface area contributed by atoms with Crippen LogP contribution in [-0.4, -0.2) is 17.8 Å². The third-order valence-electron chi connectivity index (χ3n) is 2.17. The maximum atomic E-state index is 9.10. The number of rotatable bonds is 4. The summed E-state index contributed by atoms with van der Waals surface area (Å²) in [5.74, 6) is 0. The van der Waals surface area contributed by atoms with Crippen LogP contribution in [0, 0.1) is 6.92 Å². The first-order valence-corrected chi connectivity index (χ1v) is 4.88. The van der Waals surface area contributed by atoms with E-state index in [0.29, 0.717) is 0 Å². The minimum Gasteiger partial charge on any atom is -0.397 e. The van der Waals surface area contributed by atoms with Gasteiger partial charge < -0.3 is 16.2 Å². The fourth-order valence-corrected chi connectivity index (χ4v) is 1.34. The largest absolute Gasteiger partial charge is 0.397 e. The summed E-state index contributed by atoms with van der Waals surface area (Å²) in [5, 5.41) is 12.3. The number of nitrogen functional groups attached to an aromatic ring is 1. The molecule has 0 aromatic heterocycles. The first kappa shape index (κ1) is 10.9. The Kier molecular flexibility index (Phi) is 3.77. The number of aryl methyl sites for hydroxylation is 1. The van der Waals surface area contributed by atoms with Crippen LogP contribution in [0.2, 0.25) is 0 Å². The van der Waals surface area contributed by atoms with Gasteiger partial charge in [0.15, 0.2) is 0 Å². The molecule has 0 bridgehead atoms. The van der Waals surface area contributed by atoms with Crippen molar-refractivity contribution in [3.05, 3.63) is 23.8 Å². The van der Waals surface area contributed by atoms with E-state index in [1.54, 1.807) is 6.92 Å². The van der Waals surface area contributed by atoms with Crippen LogP contribution >= 0.6 is 0 Å². The number of nitrogens with two attached hydrogens (primary N) is 1. The van der Waals surface area contributed by atoms with Crippen molar-refractivity contribution in [2.75, 3.05) is 17.6 Å². The third kappa shape index (κ3) is 2.92. The van der Waals surface area contributed by atoms with Crippen LogP contribution in [-0.2, 0) is 0 Å². The zero-order valence-electron chi connectivity index (χ0n) is 8.75. The maximum Gasteiger partial charge on any atom is 0.0603 e. The molecule has 0 spiro atoms. The highest BCUT2D eigenvalue weighted by atomic mass is 16.3. The summed E-state index contributed by atoms with van der Waals surface area (Å²) in [5.41, 5.74) is 8.69. The van der Waals surface area contributed by atoms with Crippen LogP contribution in [0.1, 0.15) is 18.9 Å². The molecule has 1 aromatic rings. The smallest absolute Gasteiger partial charge is 0.0603 e.